The van der Waals surface area contributed by atoms with Crippen LogP contribution in [0.1, 0.15) is 50.4 Å². The number of fused-ring (bicyclic) bond motifs is 1. The number of hydrogen-bond donors (Lipinski definition) is 0. The molecular formula is C15H19ClN2. The van der Waals surface area contributed by atoms with Crippen molar-refractivity contribution in [2.24, 2.45) is 11.3 Å². The predicted octanol–water partition coefficient (Wildman–Crippen LogP) is 4.15. The van der Waals surface area contributed by atoms with Gasteiger partial charge in [0.25, 0.3) is 0 Å². The molecule has 0 saturated carbocycles. The van der Waals surface area contributed by atoms with Crippen LogP contribution in [0.15, 0.2) is 6.07 Å². The smallest absolute Gasteiger partial charge is 0.147 e. The minimum atomic E-state index is 0.351. The van der Waals surface area contributed by atoms with E-state index in [2.05, 4.69) is 31.8 Å². The average Bonchev–Trinajstić information content (AvgIpc) is 2.37. The molecule has 96 valence electrons. The molecule has 0 bridgehead atoms. The Morgan fingerprint density at radius 3 is 2.89 bits per heavy atom. The Morgan fingerprint density at radius 1 is 1.56 bits per heavy atom. The standard InChI is InChI=1S/C15H19ClN2/c1-4-15(2,3)12-5-6-13-10(8-12)7-11(9-17)14(16)18-13/h7,12H,4-6,8H2,1-3H3. The molecule has 1 unspecified atom stereocenters. The van der Waals surface area contributed by atoms with Crippen molar-refractivity contribution in [1.82, 2.24) is 4.98 Å². The van der Waals surface area contributed by atoms with E-state index in [4.69, 9.17) is 16.9 Å². The third kappa shape index (κ3) is 2.37. The Balaban J connectivity index is 2.32. The molecule has 0 amide bonds. The van der Waals surface area contributed by atoms with Crippen LogP contribution < -0.4 is 0 Å². The molecule has 0 radical (unpaired) electrons. The molecule has 1 heterocycles. The molecule has 0 spiro atoms. The second kappa shape index (κ2) is 4.90. The Bertz CT molecular complexity index is 500. The zero-order chi connectivity index (χ0) is 13.3. The van der Waals surface area contributed by atoms with Crippen LogP contribution in [0.4, 0.5) is 0 Å². The lowest BCUT2D eigenvalue weighted by atomic mass is 9.69. The zero-order valence-electron chi connectivity index (χ0n) is 11.3. The van der Waals surface area contributed by atoms with E-state index in [1.54, 1.807) is 0 Å². The third-order valence-electron chi connectivity index (χ3n) is 4.48. The summed E-state index contributed by atoms with van der Waals surface area (Å²) in [4.78, 5) is 4.37. The monoisotopic (exact) mass is 262 g/mol. The van der Waals surface area contributed by atoms with Gasteiger partial charge in [0.1, 0.15) is 11.2 Å². The lowest BCUT2D eigenvalue weighted by Crippen LogP contribution is -2.29. The number of nitrogens with zero attached hydrogens (tertiary/aromatic N) is 2. The third-order valence-corrected chi connectivity index (χ3v) is 4.77. The number of halogens is 1. The summed E-state index contributed by atoms with van der Waals surface area (Å²) in [5, 5.41) is 9.37. The number of pyridine rings is 1. The van der Waals surface area contributed by atoms with Crippen molar-refractivity contribution in [2.45, 2.75) is 46.5 Å². The fraction of sp³-hybridized carbons (Fsp3) is 0.600. The summed E-state index contributed by atoms with van der Waals surface area (Å²) in [7, 11) is 0. The fourth-order valence-corrected chi connectivity index (χ4v) is 2.87. The normalized spacial score (nSPS) is 19.2. The lowest BCUT2D eigenvalue weighted by Gasteiger charge is -2.37. The van der Waals surface area contributed by atoms with Crippen molar-refractivity contribution < 1.29 is 0 Å². The molecule has 1 aromatic heterocycles. The molecule has 1 aliphatic rings. The molecular weight excluding hydrogens is 244 g/mol. The SMILES string of the molecule is CCC(C)(C)C1CCc2nc(Cl)c(C#N)cc2C1. The van der Waals surface area contributed by atoms with Crippen LogP contribution in [-0.2, 0) is 12.8 Å². The van der Waals surface area contributed by atoms with Gasteiger partial charge in [0.2, 0.25) is 0 Å². The minimum Gasteiger partial charge on any atom is -0.239 e. The first-order valence-electron chi connectivity index (χ1n) is 6.56. The van der Waals surface area contributed by atoms with Crippen molar-refractivity contribution in [2.75, 3.05) is 0 Å². The molecule has 0 aromatic carbocycles. The van der Waals surface area contributed by atoms with Crippen LogP contribution in [-0.4, -0.2) is 4.98 Å². The van der Waals surface area contributed by atoms with Crippen molar-refractivity contribution in [3.63, 3.8) is 0 Å². The van der Waals surface area contributed by atoms with E-state index in [-0.39, 0.29) is 0 Å². The van der Waals surface area contributed by atoms with Gasteiger partial charge in [-0.25, -0.2) is 4.98 Å². The summed E-state index contributed by atoms with van der Waals surface area (Å²) in [5.74, 6) is 0.671. The van der Waals surface area contributed by atoms with Crippen LogP contribution in [0.2, 0.25) is 5.15 Å². The number of hydrogen-bond acceptors (Lipinski definition) is 2. The summed E-state index contributed by atoms with van der Waals surface area (Å²) >= 11 is 5.98. The molecule has 0 fully saturated rings. The van der Waals surface area contributed by atoms with E-state index in [0.29, 0.717) is 22.0 Å². The highest BCUT2D eigenvalue weighted by Gasteiger charge is 2.31. The quantitative estimate of drug-likeness (QED) is 0.751. The van der Waals surface area contributed by atoms with E-state index in [1.165, 1.54) is 18.4 Å². The van der Waals surface area contributed by atoms with E-state index in [1.807, 2.05) is 6.07 Å². The van der Waals surface area contributed by atoms with Gasteiger partial charge < -0.3 is 0 Å². The molecule has 18 heavy (non-hydrogen) atoms. The molecule has 1 aromatic rings. The van der Waals surface area contributed by atoms with E-state index in [9.17, 15) is 0 Å². The number of rotatable bonds is 2. The zero-order valence-corrected chi connectivity index (χ0v) is 12.0. The summed E-state index contributed by atoms with van der Waals surface area (Å²) in [6.45, 7) is 6.91. The number of aryl methyl sites for hydroxylation is 1. The summed E-state index contributed by atoms with van der Waals surface area (Å²) < 4.78 is 0. The molecule has 2 rings (SSSR count). The van der Waals surface area contributed by atoms with Crippen molar-refractivity contribution in [1.29, 1.82) is 5.26 Å². The second-order valence-electron chi connectivity index (χ2n) is 5.83. The van der Waals surface area contributed by atoms with Crippen LogP contribution in [0.3, 0.4) is 0 Å². The molecule has 0 saturated heterocycles. The molecule has 1 atom stereocenters. The summed E-state index contributed by atoms with van der Waals surface area (Å²) in [6.07, 6.45) is 4.35. The summed E-state index contributed by atoms with van der Waals surface area (Å²) in [6, 6.07) is 4.05. The van der Waals surface area contributed by atoms with Gasteiger partial charge in [-0.15, -0.1) is 0 Å². The molecule has 0 aliphatic heterocycles. The van der Waals surface area contributed by atoms with Gasteiger partial charge in [0.05, 0.1) is 5.56 Å². The summed E-state index contributed by atoms with van der Waals surface area (Å²) in [5.41, 5.74) is 3.16. The molecule has 0 N–H and O–H groups in total. The van der Waals surface area contributed by atoms with Crippen LogP contribution >= 0.6 is 11.6 Å². The minimum absolute atomic E-state index is 0.351. The number of nitriles is 1. The van der Waals surface area contributed by atoms with Crippen molar-refractivity contribution >= 4 is 11.6 Å². The Kier molecular flexibility index (Phi) is 3.64. The Labute approximate surface area is 114 Å². The van der Waals surface area contributed by atoms with E-state index < -0.39 is 0 Å². The van der Waals surface area contributed by atoms with Crippen molar-refractivity contribution in [3.05, 3.63) is 28.0 Å². The lowest BCUT2D eigenvalue weighted by molar-refractivity contribution is 0.182. The maximum Gasteiger partial charge on any atom is 0.147 e. The van der Waals surface area contributed by atoms with Gasteiger partial charge in [-0.1, -0.05) is 38.8 Å². The molecule has 2 nitrogen and oxygen atoms in total. The number of aromatic nitrogens is 1. The van der Waals surface area contributed by atoms with E-state index in [0.717, 1.165) is 18.5 Å². The van der Waals surface area contributed by atoms with Gasteiger partial charge in [0, 0.05) is 5.69 Å². The Hall–Kier alpha value is -1.07. The van der Waals surface area contributed by atoms with Gasteiger partial charge in [-0.3, -0.25) is 0 Å². The topological polar surface area (TPSA) is 36.7 Å². The van der Waals surface area contributed by atoms with Gasteiger partial charge in [0.15, 0.2) is 0 Å². The highest BCUT2D eigenvalue weighted by atomic mass is 35.5. The van der Waals surface area contributed by atoms with Gasteiger partial charge in [-0.2, -0.15) is 5.26 Å². The fourth-order valence-electron chi connectivity index (χ4n) is 2.67. The maximum absolute atomic E-state index is 9.02. The highest BCUT2D eigenvalue weighted by Crippen LogP contribution is 2.39. The van der Waals surface area contributed by atoms with E-state index >= 15 is 0 Å². The largest absolute Gasteiger partial charge is 0.239 e. The maximum atomic E-state index is 9.02. The van der Waals surface area contributed by atoms with Crippen molar-refractivity contribution in [3.8, 4) is 6.07 Å². The second-order valence-corrected chi connectivity index (χ2v) is 6.18. The first-order valence-corrected chi connectivity index (χ1v) is 6.94. The molecule has 3 heteroatoms. The molecule has 1 aliphatic carbocycles. The van der Waals surface area contributed by atoms with Crippen LogP contribution in [0.25, 0.3) is 0 Å². The van der Waals surface area contributed by atoms with Crippen LogP contribution in [0, 0.1) is 22.7 Å². The average molecular weight is 263 g/mol. The highest BCUT2D eigenvalue weighted by molar-refractivity contribution is 6.30. The van der Waals surface area contributed by atoms with Crippen LogP contribution in [0.5, 0.6) is 0 Å². The first-order chi connectivity index (χ1) is 8.47. The van der Waals surface area contributed by atoms with Gasteiger partial charge in [-0.05, 0) is 42.2 Å². The predicted molar refractivity (Wildman–Crippen MR) is 73.5 cm³/mol. The Morgan fingerprint density at radius 2 is 2.28 bits per heavy atom. The van der Waals surface area contributed by atoms with Gasteiger partial charge >= 0.3 is 0 Å². The first kappa shape index (κ1) is 13.4.